The maximum Gasteiger partial charge on any atom is 0.323 e. The van der Waals surface area contributed by atoms with E-state index in [0.29, 0.717) is 5.69 Å². The van der Waals surface area contributed by atoms with Gasteiger partial charge in [0.2, 0.25) is 5.76 Å². The molecule has 23 heavy (non-hydrogen) atoms. The molecule has 7 heteroatoms. The second-order valence-electron chi connectivity index (χ2n) is 5.46. The van der Waals surface area contributed by atoms with Gasteiger partial charge >= 0.3 is 5.97 Å². The Hall–Kier alpha value is -2.15. The summed E-state index contributed by atoms with van der Waals surface area (Å²) in [5.41, 5.74) is 1.48. The third kappa shape index (κ3) is 4.66. The molecule has 2 rings (SSSR count). The highest BCUT2D eigenvalue weighted by atomic mass is 79.9. The number of amides is 1. The fourth-order valence-corrected chi connectivity index (χ4v) is 2.48. The number of aromatic nitrogens is 1. The molecule has 1 aromatic carbocycles. The SMILES string of the molecule is CC(C)c1cc(C(=O)N(CC(=O)O)Cc2cccc(Br)c2)on1. The highest BCUT2D eigenvalue weighted by Gasteiger charge is 2.23. The summed E-state index contributed by atoms with van der Waals surface area (Å²) in [6.07, 6.45) is 0. The van der Waals surface area contributed by atoms with Gasteiger partial charge in [-0.05, 0) is 23.6 Å². The Morgan fingerprint density at radius 2 is 2.09 bits per heavy atom. The second kappa shape index (κ2) is 7.41. The topological polar surface area (TPSA) is 83.6 Å². The molecule has 0 atom stereocenters. The molecule has 122 valence electrons. The Morgan fingerprint density at radius 1 is 1.35 bits per heavy atom. The van der Waals surface area contributed by atoms with E-state index in [0.717, 1.165) is 10.0 Å². The van der Waals surface area contributed by atoms with E-state index >= 15 is 0 Å². The molecular formula is C16H17BrN2O4. The van der Waals surface area contributed by atoms with Crippen LogP contribution in [0, 0.1) is 0 Å². The standard InChI is InChI=1S/C16H17BrN2O4/c1-10(2)13-7-14(23-18-13)16(22)19(9-15(20)21)8-11-4-3-5-12(17)6-11/h3-7,10H,8-9H2,1-2H3,(H,20,21). The van der Waals surface area contributed by atoms with Gasteiger partial charge in [0.05, 0.1) is 5.69 Å². The molecule has 0 saturated heterocycles. The quantitative estimate of drug-likeness (QED) is 0.830. The summed E-state index contributed by atoms with van der Waals surface area (Å²) in [6, 6.07) is 8.91. The lowest BCUT2D eigenvalue weighted by Gasteiger charge is -2.19. The van der Waals surface area contributed by atoms with E-state index in [4.69, 9.17) is 9.63 Å². The molecule has 0 spiro atoms. The van der Waals surface area contributed by atoms with Crippen molar-refractivity contribution in [2.24, 2.45) is 0 Å². The molecular weight excluding hydrogens is 364 g/mol. The van der Waals surface area contributed by atoms with Crippen molar-refractivity contribution in [3.05, 3.63) is 51.8 Å². The van der Waals surface area contributed by atoms with Crippen molar-refractivity contribution in [1.29, 1.82) is 0 Å². The highest BCUT2D eigenvalue weighted by molar-refractivity contribution is 9.10. The van der Waals surface area contributed by atoms with Gasteiger partial charge in [-0.1, -0.05) is 47.1 Å². The minimum Gasteiger partial charge on any atom is -0.480 e. The first kappa shape index (κ1) is 17.2. The Morgan fingerprint density at radius 3 is 2.65 bits per heavy atom. The van der Waals surface area contributed by atoms with Gasteiger partial charge in [-0.25, -0.2) is 0 Å². The number of rotatable bonds is 6. The van der Waals surface area contributed by atoms with Crippen molar-refractivity contribution < 1.29 is 19.2 Å². The van der Waals surface area contributed by atoms with E-state index in [1.165, 1.54) is 4.90 Å². The van der Waals surface area contributed by atoms with E-state index in [-0.39, 0.29) is 18.2 Å². The number of hydrogen-bond donors (Lipinski definition) is 1. The number of carboxylic acid groups (broad SMARTS) is 1. The predicted molar refractivity (Wildman–Crippen MR) is 87.1 cm³/mol. The molecule has 1 heterocycles. The molecule has 6 nitrogen and oxygen atoms in total. The van der Waals surface area contributed by atoms with Gasteiger partial charge in [-0.2, -0.15) is 0 Å². The van der Waals surface area contributed by atoms with Crippen molar-refractivity contribution >= 4 is 27.8 Å². The van der Waals surface area contributed by atoms with Crippen LogP contribution in [0.25, 0.3) is 0 Å². The highest BCUT2D eigenvalue weighted by Crippen LogP contribution is 2.18. The molecule has 2 aromatic rings. The van der Waals surface area contributed by atoms with Crippen LogP contribution in [0.4, 0.5) is 0 Å². The van der Waals surface area contributed by atoms with Crippen molar-refractivity contribution in [2.45, 2.75) is 26.3 Å². The minimum absolute atomic E-state index is 0.0462. The zero-order valence-electron chi connectivity index (χ0n) is 12.8. The zero-order chi connectivity index (χ0) is 17.0. The van der Waals surface area contributed by atoms with Crippen LogP contribution >= 0.6 is 15.9 Å². The van der Waals surface area contributed by atoms with Crippen LogP contribution in [0.15, 0.2) is 39.3 Å². The third-order valence-electron chi connectivity index (χ3n) is 3.21. The van der Waals surface area contributed by atoms with Crippen LogP contribution < -0.4 is 0 Å². The first-order chi connectivity index (χ1) is 10.9. The molecule has 0 aliphatic heterocycles. The number of carbonyl (C=O) groups is 2. The molecule has 0 bridgehead atoms. The summed E-state index contributed by atoms with van der Waals surface area (Å²) in [5, 5.41) is 12.9. The molecule has 1 aromatic heterocycles. The summed E-state index contributed by atoms with van der Waals surface area (Å²) < 4.78 is 5.93. The second-order valence-corrected chi connectivity index (χ2v) is 6.37. The summed E-state index contributed by atoms with van der Waals surface area (Å²) in [4.78, 5) is 24.8. The minimum atomic E-state index is -1.09. The number of aliphatic carboxylic acids is 1. The van der Waals surface area contributed by atoms with E-state index in [2.05, 4.69) is 21.1 Å². The molecule has 0 radical (unpaired) electrons. The lowest BCUT2D eigenvalue weighted by atomic mass is 10.1. The van der Waals surface area contributed by atoms with Crippen LogP contribution in [0.1, 0.15) is 41.6 Å². The average molecular weight is 381 g/mol. The Balaban J connectivity index is 2.22. The molecule has 0 fully saturated rings. The van der Waals surface area contributed by atoms with E-state index in [1.54, 1.807) is 6.07 Å². The molecule has 1 amide bonds. The Kier molecular flexibility index (Phi) is 5.54. The van der Waals surface area contributed by atoms with Gasteiger partial charge in [0, 0.05) is 17.1 Å². The van der Waals surface area contributed by atoms with Crippen molar-refractivity contribution in [3.63, 3.8) is 0 Å². The van der Waals surface area contributed by atoms with Gasteiger partial charge < -0.3 is 14.5 Å². The smallest absolute Gasteiger partial charge is 0.323 e. The number of carbonyl (C=O) groups excluding carboxylic acids is 1. The third-order valence-corrected chi connectivity index (χ3v) is 3.70. The van der Waals surface area contributed by atoms with Crippen LogP contribution in [0.3, 0.4) is 0 Å². The Labute approximate surface area is 142 Å². The fourth-order valence-electron chi connectivity index (χ4n) is 2.04. The average Bonchev–Trinajstić information content (AvgIpc) is 2.95. The van der Waals surface area contributed by atoms with Crippen LogP contribution in [-0.4, -0.2) is 33.6 Å². The van der Waals surface area contributed by atoms with E-state index in [9.17, 15) is 9.59 Å². The van der Waals surface area contributed by atoms with Gasteiger partial charge in [0.25, 0.3) is 5.91 Å². The first-order valence-corrected chi connectivity index (χ1v) is 7.88. The van der Waals surface area contributed by atoms with Crippen molar-refractivity contribution in [2.75, 3.05) is 6.54 Å². The zero-order valence-corrected chi connectivity index (χ0v) is 14.4. The van der Waals surface area contributed by atoms with Crippen LogP contribution in [0.2, 0.25) is 0 Å². The lowest BCUT2D eigenvalue weighted by molar-refractivity contribution is -0.137. The van der Waals surface area contributed by atoms with Crippen LogP contribution in [0.5, 0.6) is 0 Å². The monoisotopic (exact) mass is 380 g/mol. The summed E-state index contributed by atoms with van der Waals surface area (Å²) in [7, 11) is 0. The van der Waals surface area contributed by atoms with E-state index < -0.39 is 18.4 Å². The number of benzene rings is 1. The van der Waals surface area contributed by atoms with Crippen LogP contribution in [-0.2, 0) is 11.3 Å². The van der Waals surface area contributed by atoms with Gasteiger partial charge in [-0.15, -0.1) is 0 Å². The summed E-state index contributed by atoms with van der Waals surface area (Å²) in [6.45, 7) is 3.62. The number of nitrogens with zero attached hydrogens (tertiary/aromatic N) is 2. The summed E-state index contributed by atoms with van der Waals surface area (Å²) >= 11 is 3.36. The fraction of sp³-hybridized carbons (Fsp3) is 0.312. The van der Waals surface area contributed by atoms with Gasteiger partial charge in [-0.3, -0.25) is 9.59 Å². The molecule has 1 N–H and O–H groups in total. The lowest BCUT2D eigenvalue weighted by Crippen LogP contribution is -2.35. The maximum absolute atomic E-state index is 12.5. The number of halogens is 1. The van der Waals surface area contributed by atoms with Gasteiger partial charge in [0.15, 0.2) is 0 Å². The largest absolute Gasteiger partial charge is 0.480 e. The normalized spacial score (nSPS) is 10.8. The number of carboxylic acids is 1. The molecule has 0 unspecified atom stereocenters. The summed E-state index contributed by atoms with van der Waals surface area (Å²) in [5.74, 6) is -1.41. The van der Waals surface area contributed by atoms with E-state index in [1.807, 2.05) is 38.1 Å². The maximum atomic E-state index is 12.5. The molecule has 0 saturated carbocycles. The Bertz CT molecular complexity index is 712. The number of hydrogen-bond acceptors (Lipinski definition) is 4. The van der Waals surface area contributed by atoms with Crippen molar-refractivity contribution in [1.82, 2.24) is 10.1 Å². The molecule has 0 aliphatic rings. The predicted octanol–water partition coefficient (Wildman–Crippen LogP) is 3.29. The molecule has 0 aliphatic carbocycles. The van der Waals surface area contributed by atoms with Gasteiger partial charge in [0.1, 0.15) is 6.54 Å². The van der Waals surface area contributed by atoms with Crippen molar-refractivity contribution in [3.8, 4) is 0 Å². The first-order valence-electron chi connectivity index (χ1n) is 7.09.